The van der Waals surface area contributed by atoms with E-state index in [9.17, 15) is 4.79 Å². The van der Waals surface area contributed by atoms with Crippen LogP contribution in [0.4, 0.5) is 10.5 Å². The van der Waals surface area contributed by atoms with Gasteiger partial charge < -0.3 is 15.4 Å². The van der Waals surface area contributed by atoms with Crippen LogP contribution in [-0.4, -0.2) is 15.8 Å². The van der Waals surface area contributed by atoms with Crippen molar-refractivity contribution in [2.45, 2.75) is 13.2 Å². The van der Waals surface area contributed by atoms with Crippen LogP contribution in [0.25, 0.3) is 0 Å². The molecule has 3 rings (SSSR count). The van der Waals surface area contributed by atoms with Crippen molar-refractivity contribution in [2.24, 2.45) is 7.05 Å². The predicted octanol–water partition coefficient (Wildman–Crippen LogP) is 1.63. The highest BCUT2D eigenvalue weighted by molar-refractivity contribution is 5.92. The van der Waals surface area contributed by atoms with Crippen LogP contribution in [0.15, 0.2) is 30.6 Å². The number of fused-ring (bicyclic) bond motifs is 1. The van der Waals surface area contributed by atoms with Crippen LogP contribution in [0.5, 0.6) is 5.75 Å². The molecule has 2 N–H and O–H groups in total. The summed E-state index contributed by atoms with van der Waals surface area (Å²) in [5.74, 6) is 0.727. The first kappa shape index (κ1) is 11.6. The molecule has 2 heterocycles. The number of nitrogens with zero attached hydrogens (tertiary/aromatic N) is 2. The zero-order valence-corrected chi connectivity index (χ0v) is 10.5. The Labute approximate surface area is 110 Å². The number of nitrogens with one attached hydrogen (secondary N) is 2. The zero-order valence-electron chi connectivity index (χ0n) is 10.5. The van der Waals surface area contributed by atoms with Crippen molar-refractivity contribution in [3.05, 3.63) is 41.7 Å². The number of aromatic nitrogens is 2. The summed E-state index contributed by atoms with van der Waals surface area (Å²) in [5.41, 5.74) is 2.85. The maximum absolute atomic E-state index is 11.2. The molecule has 0 radical (unpaired) electrons. The van der Waals surface area contributed by atoms with Crippen LogP contribution in [0, 0.1) is 0 Å². The van der Waals surface area contributed by atoms with Crippen LogP contribution in [0.2, 0.25) is 0 Å². The molecule has 0 aliphatic carbocycles. The van der Waals surface area contributed by atoms with Gasteiger partial charge in [-0.1, -0.05) is 6.07 Å². The van der Waals surface area contributed by atoms with E-state index in [-0.39, 0.29) is 6.03 Å². The van der Waals surface area contributed by atoms with Crippen molar-refractivity contribution >= 4 is 11.7 Å². The van der Waals surface area contributed by atoms with Gasteiger partial charge in [-0.15, -0.1) is 0 Å². The van der Waals surface area contributed by atoms with Crippen LogP contribution in [-0.2, 0) is 20.2 Å². The van der Waals surface area contributed by atoms with Gasteiger partial charge in [0.05, 0.1) is 11.9 Å². The molecule has 0 bridgehead atoms. The van der Waals surface area contributed by atoms with E-state index in [1.807, 2.05) is 31.4 Å². The molecule has 1 aliphatic rings. The molecule has 1 aromatic carbocycles. The third kappa shape index (κ3) is 2.52. The number of anilines is 1. The average Bonchev–Trinajstić information content (AvgIpc) is 2.81. The van der Waals surface area contributed by atoms with E-state index in [0.29, 0.717) is 13.2 Å². The van der Waals surface area contributed by atoms with E-state index in [1.165, 1.54) is 0 Å². The van der Waals surface area contributed by atoms with Gasteiger partial charge in [0.1, 0.15) is 12.4 Å². The SMILES string of the molecule is Cn1cc(COc2ccc3c(c2)NC(=O)NC3)cn1. The highest BCUT2D eigenvalue weighted by Gasteiger charge is 2.14. The van der Waals surface area contributed by atoms with Crippen LogP contribution in [0.3, 0.4) is 0 Å². The average molecular weight is 258 g/mol. The molecule has 98 valence electrons. The second-order valence-corrected chi connectivity index (χ2v) is 4.44. The van der Waals surface area contributed by atoms with Gasteiger partial charge in [0.15, 0.2) is 0 Å². The summed E-state index contributed by atoms with van der Waals surface area (Å²) in [6, 6.07) is 5.50. The lowest BCUT2D eigenvalue weighted by atomic mass is 10.1. The van der Waals surface area contributed by atoms with E-state index in [2.05, 4.69) is 15.7 Å². The lowest BCUT2D eigenvalue weighted by Gasteiger charge is -2.18. The van der Waals surface area contributed by atoms with Crippen LogP contribution >= 0.6 is 0 Å². The Kier molecular flexibility index (Phi) is 2.83. The first-order valence-electron chi connectivity index (χ1n) is 5.99. The van der Waals surface area contributed by atoms with E-state index < -0.39 is 0 Å². The summed E-state index contributed by atoms with van der Waals surface area (Å²) in [4.78, 5) is 11.2. The number of hydrogen-bond acceptors (Lipinski definition) is 3. The number of urea groups is 1. The molecule has 6 nitrogen and oxygen atoms in total. The van der Waals surface area contributed by atoms with E-state index >= 15 is 0 Å². The molecule has 19 heavy (non-hydrogen) atoms. The number of aryl methyl sites for hydroxylation is 1. The molecular weight excluding hydrogens is 244 g/mol. The van der Waals surface area contributed by atoms with Gasteiger partial charge in [0.2, 0.25) is 0 Å². The smallest absolute Gasteiger partial charge is 0.319 e. The fourth-order valence-electron chi connectivity index (χ4n) is 1.97. The second-order valence-electron chi connectivity index (χ2n) is 4.44. The topological polar surface area (TPSA) is 68.2 Å². The standard InChI is InChI=1S/C13H14N4O2/c1-17-7-9(5-15-17)8-19-11-3-2-10-6-14-13(18)16-12(10)4-11/h2-5,7H,6,8H2,1H3,(H2,14,16,18). The molecule has 2 amide bonds. The summed E-state index contributed by atoms with van der Waals surface area (Å²) in [6.07, 6.45) is 3.67. The van der Waals surface area contributed by atoms with Crippen LogP contribution in [0.1, 0.15) is 11.1 Å². The van der Waals surface area contributed by atoms with Crippen molar-refractivity contribution < 1.29 is 9.53 Å². The summed E-state index contributed by atoms with van der Waals surface area (Å²) in [5, 5.41) is 9.55. The Balaban J connectivity index is 1.71. The molecule has 0 fully saturated rings. The minimum Gasteiger partial charge on any atom is -0.489 e. The fourth-order valence-corrected chi connectivity index (χ4v) is 1.97. The molecule has 1 aromatic heterocycles. The number of amides is 2. The molecule has 0 atom stereocenters. The van der Waals surface area contributed by atoms with Gasteiger partial charge in [-0.05, 0) is 11.6 Å². The number of benzene rings is 1. The first-order valence-corrected chi connectivity index (χ1v) is 5.99. The Morgan fingerprint density at radius 1 is 1.47 bits per heavy atom. The highest BCUT2D eigenvalue weighted by atomic mass is 16.5. The largest absolute Gasteiger partial charge is 0.489 e. The third-order valence-electron chi connectivity index (χ3n) is 2.93. The van der Waals surface area contributed by atoms with Gasteiger partial charge in [0, 0.05) is 31.4 Å². The summed E-state index contributed by atoms with van der Waals surface area (Å²) >= 11 is 0. The molecular formula is C13H14N4O2. The Bertz CT molecular complexity index is 621. The van der Waals surface area contributed by atoms with E-state index in [1.54, 1.807) is 10.9 Å². The third-order valence-corrected chi connectivity index (χ3v) is 2.93. The Morgan fingerprint density at radius 2 is 2.37 bits per heavy atom. The highest BCUT2D eigenvalue weighted by Crippen LogP contribution is 2.25. The monoisotopic (exact) mass is 258 g/mol. The maximum atomic E-state index is 11.2. The van der Waals surface area contributed by atoms with Crippen molar-refractivity contribution in [3.63, 3.8) is 0 Å². The van der Waals surface area contributed by atoms with Crippen LogP contribution < -0.4 is 15.4 Å². The number of carbonyl (C=O) groups is 1. The Morgan fingerprint density at radius 3 is 3.16 bits per heavy atom. The van der Waals surface area contributed by atoms with E-state index in [4.69, 9.17) is 4.74 Å². The van der Waals surface area contributed by atoms with Gasteiger partial charge in [0.25, 0.3) is 0 Å². The predicted molar refractivity (Wildman–Crippen MR) is 69.8 cm³/mol. The maximum Gasteiger partial charge on any atom is 0.319 e. The first-order chi connectivity index (χ1) is 9.20. The fraction of sp³-hybridized carbons (Fsp3) is 0.231. The van der Waals surface area contributed by atoms with Crippen molar-refractivity contribution in [3.8, 4) is 5.75 Å². The lowest BCUT2D eigenvalue weighted by molar-refractivity contribution is 0.251. The quantitative estimate of drug-likeness (QED) is 0.879. The number of hydrogen-bond donors (Lipinski definition) is 2. The summed E-state index contributed by atoms with van der Waals surface area (Å²) in [6.45, 7) is 1.00. The van der Waals surface area contributed by atoms with Crippen molar-refractivity contribution in [1.29, 1.82) is 0 Å². The molecule has 0 unspecified atom stereocenters. The van der Waals surface area contributed by atoms with Crippen molar-refractivity contribution in [2.75, 3.05) is 5.32 Å². The van der Waals surface area contributed by atoms with Gasteiger partial charge in [-0.25, -0.2) is 4.79 Å². The molecule has 2 aromatic rings. The summed E-state index contributed by atoms with van der Waals surface area (Å²) < 4.78 is 7.42. The number of ether oxygens (including phenoxy) is 1. The normalized spacial score (nSPS) is 13.4. The Hall–Kier alpha value is -2.50. The second kappa shape index (κ2) is 4.64. The molecule has 6 heteroatoms. The minimum atomic E-state index is -0.183. The van der Waals surface area contributed by atoms with Gasteiger partial charge in [-0.3, -0.25) is 4.68 Å². The number of rotatable bonds is 3. The van der Waals surface area contributed by atoms with Gasteiger partial charge >= 0.3 is 6.03 Å². The molecule has 0 saturated heterocycles. The zero-order chi connectivity index (χ0) is 13.2. The number of carbonyl (C=O) groups excluding carboxylic acids is 1. The minimum absolute atomic E-state index is 0.183. The van der Waals surface area contributed by atoms with E-state index in [0.717, 1.165) is 22.6 Å². The van der Waals surface area contributed by atoms with Crippen molar-refractivity contribution in [1.82, 2.24) is 15.1 Å². The molecule has 1 aliphatic heterocycles. The molecule has 0 saturated carbocycles. The lowest BCUT2D eigenvalue weighted by Crippen LogP contribution is -2.33. The summed E-state index contributed by atoms with van der Waals surface area (Å²) in [7, 11) is 1.87. The molecule has 0 spiro atoms. The van der Waals surface area contributed by atoms with Gasteiger partial charge in [-0.2, -0.15) is 5.10 Å².